The summed E-state index contributed by atoms with van der Waals surface area (Å²) in [7, 11) is 3.70. The maximum absolute atomic E-state index is 12.7. The lowest BCUT2D eigenvalue weighted by atomic mass is 9.49. The number of carbonyl (C=O) groups is 1. The van der Waals surface area contributed by atoms with E-state index in [2.05, 4.69) is 18.0 Å². The molecule has 1 spiro atoms. The quantitative estimate of drug-likeness (QED) is 0.839. The summed E-state index contributed by atoms with van der Waals surface area (Å²) in [6.45, 7) is 0.871. The lowest BCUT2D eigenvalue weighted by Crippen LogP contribution is -2.76. The maximum Gasteiger partial charge on any atom is 0.174 e. The second-order valence-electron chi connectivity index (χ2n) is 7.44. The first-order chi connectivity index (χ1) is 11.0. The van der Waals surface area contributed by atoms with Crippen LogP contribution >= 0.6 is 0 Å². The van der Waals surface area contributed by atoms with Crippen LogP contribution in [-0.2, 0) is 16.6 Å². The molecule has 1 saturated carbocycles. The summed E-state index contributed by atoms with van der Waals surface area (Å²) in [6, 6.07) is 4.05. The Kier molecular flexibility index (Phi) is 2.45. The summed E-state index contributed by atoms with van der Waals surface area (Å²) in [4.78, 5) is 14.9. The molecule has 1 aromatic carbocycles. The Balaban J connectivity index is 1.86. The zero-order valence-electron chi connectivity index (χ0n) is 13.5. The average molecular weight is 315 g/mol. The second-order valence-corrected chi connectivity index (χ2v) is 7.44. The molecule has 0 amide bonds. The van der Waals surface area contributed by atoms with Crippen molar-refractivity contribution >= 4 is 5.78 Å². The highest BCUT2D eigenvalue weighted by Crippen LogP contribution is 2.64. The Bertz CT molecular complexity index is 732. The number of methoxy groups -OCH3 is 1. The van der Waals surface area contributed by atoms with Crippen LogP contribution in [0.5, 0.6) is 11.5 Å². The van der Waals surface area contributed by atoms with Gasteiger partial charge in [-0.25, -0.2) is 0 Å². The number of likely N-dealkylation sites (N-methyl/N-ethyl adjacent to an activating group) is 1. The van der Waals surface area contributed by atoms with E-state index in [0.29, 0.717) is 24.3 Å². The molecule has 0 aromatic heterocycles. The predicted octanol–water partition coefficient (Wildman–Crippen LogP) is 1.05. The molecular weight excluding hydrogens is 294 g/mol. The third kappa shape index (κ3) is 1.32. The molecule has 1 aromatic rings. The van der Waals surface area contributed by atoms with E-state index in [1.165, 1.54) is 5.56 Å². The number of piperidine rings is 1. The number of Topliss-reactive ketones (excluding diaryl/α,β-unsaturated/α-hetero) is 1. The van der Waals surface area contributed by atoms with E-state index in [4.69, 9.17) is 9.47 Å². The molecule has 4 atom stereocenters. The fourth-order valence-corrected chi connectivity index (χ4v) is 5.69. The summed E-state index contributed by atoms with van der Waals surface area (Å²) in [5, 5.41) is 11.7. The molecule has 5 rings (SSSR count). The van der Waals surface area contributed by atoms with Crippen molar-refractivity contribution in [3.63, 3.8) is 0 Å². The smallest absolute Gasteiger partial charge is 0.174 e. The highest BCUT2D eigenvalue weighted by Gasteiger charge is 2.72. The fraction of sp³-hybridized carbons (Fsp3) is 0.611. The molecule has 2 aliphatic heterocycles. The van der Waals surface area contributed by atoms with Crippen molar-refractivity contribution < 1.29 is 19.4 Å². The van der Waals surface area contributed by atoms with E-state index in [0.717, 1.165) is 24.9 Å². The van der Waals surface area contributed by atoms with E-state index in [-0.39, 0.29) is 11.8 Å². The molecule has 2 fully saturated rings. The largest absolute Gasteiger partial charge is 0.493 e. The predicted molar refractivity (Wildman–Crippen MR) is 83.0 cm³/mol. The third-order valence-corrected chi connectivity index (χ3v) is 6.73. The van der Waals surface area contributed by atoms with Gasteiger partial charge in [0.2, 0.25) is 0 Å². The number of benzene rings is 1. The molecule has 5 heteroatoms. The average Bonchev–Trinajstić information content (AvgIpc) is 2.90. The molecule has 5 nitrogen and oxygen atoms in total. The van der Waals surface area contributed by atoms with Crippen LogP contribution in [-0.4, -0.2) is 54.2 Å². The minimum absolute atomic E-state index is 0.0438. The van der Waals surface area contributed by atoms with Crippen LogP contribution in [0.25, 0.3) is 0 Å². The van der Waals surface area contributed by atoms with Gasteiger partial charge in [0.1, 0.15) is 0 Å². The number of nitrogens with zero attached hydrogens (tertiary/aromatic N) is 1. The van der Waals surface area contributed by atoms with Gasteiger partial charge in [0.25, 0.3) is 0 Å². The van der Waals surface area contributed by atoms with E-state index in [1.807, 2.05) is 6.07 Å². The number of aliphatic hydroxyl groups is 1. The van der Waals surface area contributed by atoms with Crippen LogP contribution in [0.4, 0.5) is 0 Å². The Labute approximate surface area is 135 Å². The molecule has 2 heterocycles. The van der Waals surface area contributed by atoms with E-state index in [1.54, 1.807) is 7.11 Å². The number of ketones is 1. The molecular formula is C18H21NO4. The highest BCUT2D eigenvalue weighted by atomic mass is 16.5. The standard InChI is InChI=1S/C18H21NO4/c1-19-8-7-17-14-10-3-4-12(22-2)15(14)23-16(17)11(20)5-6-18(17,21)13(19)9-10/h3-4,13,16,21H,5-9H2,1-2H3/t13-,16?,17+,18-/m1/s1. The molecule has 2 aliphatic carbocycles. The second kappa shape index (κ2) is 4.08. The zero-order chi connectivity index (χ0) is 16.0. The monoisotopic (exact) mass is 315 g/mol. The Hall–Kier alpha value is -1.59. The number of likely N-dealkylation sites (tertiary alicyclic amines) is 1. The van der Waals surface area contributed by atoms with Crippen LogP contribution in [0.2, 0.25) is 0 Å². The van der Waals surface area contributed by atoms with Crippen molar-refractivity contribution in [1.29, 1.82) is 0 Å². The fourth-order valence-electron chi connectivity index (χ4n) is 5.69. The summed E-state index contributed by atoms with van der Waals surface area (Å²) in [6.07, 6.45) is 1.89. The van der Waals surface area contributed by atoms with Gasteiger partial charge in [-0.05, 0) is 44.5 Å². The number of hydrogen-bond donors (Lipinski definition) is 1. The van der Waals surface area contributed by atoms with E-state index < -0.39 is 17.1 Å². The summed E-state index contributed by atoms with van der Waals surface area (Å²) in [5.41, 5.74) is 0.737. The minimum Gasteiger partial charge on any atom is -0.493 e. The Morgan fingerprint density at radius 1 is 1.39 bits per heavy atom. The lowest BCUT2D eigenvalue weighted by Gasteiger charge is -2.62. The van der Waals surface area contributed by atoms with Crippen molar-refractivity contribution in [3.8, 4) is 11.5 Å². The van der Waals surface area contributed by atoms with Gasteiger partial charge < -0.3 is 19.5 Å². The lowest BCUT2D eigenvalue weighted by molar-refractivity contribution is -0.185. The van der Waals surface area contributed by atoms with Gasteiger partial charge in [-0.15, -0.1) is 0 Å². The van der Waals surface area contributed by atoms with Crippen LogP contribution in [0.1, 0.15) is 30.4 Å². The van der Waals surface area contributed by atoms with Crippen molar-refractivity contribution in [1.82, 2.24) is 4.90 Å². The number of rotatable bonds is 1. The summed E-state index contributed by atoms with van der Waals surface area (Å²) >= 11 is 0. The van der Waals surface area contributed by atoms with Crippen LogP contribution in [0.3, 0.4) is 0 Å². The summed E-state index contributed by atoms with van der Waals surface area (Å²) < 4.78 is 11.6. The van der Waals surface area contributed by atoms with E-state index in [9.17, 15) is 9.90 Å². The first-order valence-corrected chi connectivity index (χ1v) is 8.35. The maximum atomic E-state index is 12.7. The summed E-state index contributed by atoms with van der Waals surface area (Å²) in [5.74, 6) is 1.47. The number of ether oxygens (including phenoxy) is 2. The Morgan fingerprint density at radius 3 is 3.00 bits per heavy atom. The molecule has 122 valence electrons. The van der Waals surface area contributed by atoms with Gasteiger partial charge in [0.05, 0.1) is 18.1 Å². The van der Waals surface area contributed by atoms with Crippen molar-refractivity contribution in [2.45, 2.75) is 48.8 Å². The molecule has 0 radical (unpaired) electrons. The normalized spacial score (nSPS) is 40.6. The third-order valence-electron chi connectivity index (χ3n) is 6.73. The molecule has 2 bridgehead atoms. The minimum atomic E-state index is -0.900. The van der Waals surface area contributed by atoms with Crippen molar-refractivity contribution in [2.75, 3.05) is 20.7 Å². The van der Waals surface area contributed by atoms with Gasteiger partial charge in [0, 0.05) is 18.0 Å². The van der Waals surface area contributed by atoms with Crippen LogP contribution < -0.4 is 9.47 Å². The van der Waals surface area contributed by atoms with Gasteiger partial charge in [0.15, 0.2) is 23.4 Å². The van der Waals surface area contributed by atoms with Gasteiger partial charge in [-0.3, -0.25) is 4.79 Å². The number of hydrogen-bond acceptors (Lipinski definition) is 5. The molecule has 1 unspecified atom stereocenters. The SMILES string of the molecule is COc1ccc2c3c1OC1C(=O)CC[C@@]4(O)[C@@H](C2)N(C)CC[C@]314. The molecule has 1 N–H and O–H groups in total. The Morgan fingerprint density at radius 2 is 2.22 bits per heavy atom. The first-order valence-electron chi connectivity index (χ1n) is 8.35. The molecule has 4 aliphatic rings. The number of carbonyl (C=O) groups excluding carboxylic acids is 1. The van der Waals surface area contributed by atoms with Crippen LogP contribution in [0.15, 0.2) is 12.1 Å². The highest BCUT2D eigenvalue weighted by molar-refractivity contribution is 5.90. The van der Waals surface area contributed by atoms with Gasteiger partial charge >= 0.3 is 0 Å². The first kappa shape index (κ1) is 13.8. The molecule has 23 heavy (non-hydrogen) atoms. The van der Waals surface area contributed by atoms with Gasteiger partial charge in [-0.1, -0.05) is 6.07 Å². The van der Waals surface area contributed by atoms with Crippen molar-refractivity contribution in [2.24, 2.45) is 0 Å². The van der Waals surface area contributed by atoms with Gasteiger partial charge in [-0.2, -0.15) is 0 Å². The molecule has 1 saturated heterocycles. The zero-order valence-corrected chi connectivity index (χ0v) is 13.5. The topological polar surface area (TPSA) is 59.0 Å². The van der Waals surface area contributed by atoms with E-state index >= 15 is 0 Å². The van der Waals surface area contributed by atoms with Crippen molar-refractivity contribution in [3.05, 3.63) is 23.3 Å². The van der Waals surface area contributed by atoms with Crippen LogP contribution in [0, 0.1) is 0 Å².